The van der Waals surface area contributed by atoms with Gasteiger partial charge in [0.15, 0.2) is 0 Å². The number of rotatable bonds is 15. The van der Waals surface area contributed by atoms with Crippen LogP contribution in [0.3, 0.4) is 0 Å². The fourth-order valence-electron chi connectivity index (χ4n) is 2.93. The summed E-state index contributed by atoms with van der Waals surface area (Å²) in [5.41, 5.74) is 11.6. The number of carboxylic acid groups (broad SMARTS) is 2. The number of phenolic OH excluding ortho intramolecular Hbond substituents is 1. The third-order valence-electron chi connectivity index (χ3n) is 4.85. The van der Waals surface area contributed by atoms with E-state index in [1.807, 2.05) is 0 Å². The van der Waals surface area contributed by atoms with Crippen LogP contribution < -0.4 is 27.4 Å². The van der Waals surface area contributed by atoms with Crippen molar-refractivity contribution in [1.29, 1.82) is 0 Å². The largest absolute Gasteiger partial charge is 0.508 e. The van der Waals surface area contributed by atoms with Crippen LogP contribution in [0.4, 0.5) is 0 Å². The van der Waals surface area contributed by atoms with Crippen molar-refractivity contribution in [2.45, 2.75) is 49.9 Å². The molecule has 0 saturated heterocycles. The number of hydrogen-bond acceptors (Lipinski definition) is 9. The van der Waals surface area contributed by atoms with Crippen molar-refractivity contribution >= 4 is 48.2 Å². The molecule has 4 amide bonds. The predicted molar refractivity (Wildman–Crippen MR) is 128 cm³/mol. The molecule has 10 N–H and O–H groups in total. The van der Waals surface area contributed by atoms with Crippen LogP contribution >= 0.6 is 12.6 Å². The Labute approximate surface area is 211 Å². The van der Waals surface area contributed by atoms with Gasteiger partial charge in [0.2, 0.25) is 23.6 Å². The quantitative estimate of drug-likeness (QED) is 0.108. The highest BCUT2D eigenvalue weighted by atomic mass is 32.1. The van der Waals surface area contributed by atoms with E-state index in [-0.39, 0.29) is 30.8 Å². The molecule has 15 heteroatoms. The van der Waals surface area contributed by atoms with Crippen molar-refractivity contribution in [3.63, 3.8) is 0 Å². The molecule has 0 aliphatic rings. The number of aromatic hydroxyl groups is 1. The number of nitrogens with two attached hydrogens (primary N) is 2. The van der Waals surface area contributed by atoms with Gasteiger partial charge in [0.05, 0.1) is 12.5 Å². The number of benzene rings is 1. The van der Waals surface area contributed by atoms with E-state index in [1.54, 1.807) is 12.1 Å². The zero-order chi connectivity index (χ0) is 27.4. The minimum absolute atomic E-state index is 0.0176. The molecule has 0 saturated carbocycles. The number of hydrogen-bond donors (Lipinski definition) is 9. The smallest absolute Gasteiger partial charge is 0.327 e. The Morgan fingerprint density at radius 2 is 1.39 bits per heavy atom. The fourth-order valence-corrected chi connectivity index (χ4v) is 3.17. The first-order valence-electron chi connectivity index (χ1n) is 10.6. The van der Waals surface area contributed by atoms with Crippen LogP contribution in [0.25, 0.3) is 0 Å². The van der Waals surface area contributed by atoms with Gasteiger partial charge in [-0.3, -0.25) is 24.0 Å². The normalized spacial score (nSPS) is 13.9. The minimum atomic E-state index is -1.70. The number of thiol groups is 1. The van der Waals surface area contributed by atoms with Gasteiger partial charge in [-0.15, -0.1) is 0 Å². The molecule has 1 aromatic rings. The van der Waals surface area contributed by atoms with Gasteiger partial charge in [0.1, 0.15) is 23.9 Å². The summed E-state index contributed by atoms with van der Waals surface area (Å²) in [5, 5.41) is 34.1. The highest BCUT2D eigenvalue weighted by Crippen LogP contribution is 2.11. The molecule has 4 atom stereocenters. The first-order valence-corrected chi connectivity index (χ1v) is 11.3. The lowest BCUT2D eigenvalue weighted by Gasteiger charge is -2.24. The van der Waals surface area contributed by atoms with Crippen molar-refractivity contribution in [1.82, 2.24) is 16.0 Å². The average Bonchev–Trinajstić information content (AvgIpc) is 2.79. The maximum Gasteiger partial charge on any atom is 0.327 e. The van der Waals surface area contributed by atoms with E-state index in [0.29, 0.717) is 5.56 Å². The third-order valence-corrected chi connectivity index (χ3v) is 5.22. The predicted octanol–water partition coefficient (Wildman–Crippen LogP) is -2.53. The van der Waals surface area contributed by atoms with Gasteiger partial charge in [-0.25, -0.2) is 4.79 Å². The molecule has 0 fully saturated rings. The molecule has 198 valence electrons. The van der Waals surface area contributed by atoms with Crippen LogP contribution in [-0.2, 0) is 35.2 Å². The van der Waals surface area contributed by atoms with Gasteiger partial charge in [-0.05, 0) is 30.5 Å². The molecule has 0 aromatic heterocycles. The highest BCUT2D eigenvalue weighted by molar-refractivity contribution is 7.80. The number of carbonyl (C=O) groups is 6. The summed E-state index contributed by atoms with van der Waals surface area (Å²) in [4.78, 5) is 71.5. The van der Waals surface area contributed by atoms with Gasteiger partial charge in [0, 0.05) is 12.2 Å². The minimum Gasteiger partial charge on any atom is -0.508 e. The first-order chi connectivity index (χ1) is 16.8. The Balaban J connectivity index is 2.98. The Morgan fingerprint density at radius 1 is 0.861 bits per heavy atom. The lowest BCUT2D eigenvalue weighted by Crippen LogP contribution is -2.58. The summed E-state index contributed by atoms with van der Waals surface area (Å²) in [6.45, 7) is 0. The number of primary amides is 1. The van der Waals surface area contributed by atoms with E-state index in [2.05, 4.69) is 28.6 Å². The van der Waals surface area contributed by atoms with Crippen molar-refractivity contribution in [2.24, 2.45) is 11.5 Å². The Bertz CT molecular complexity index is 973. The van der Waals surface area contributed by atoms with E-state index in [1.165, 1.54) is 12.1 Å². The SMILES string of the molecule is NC(=O)CCC(NC(=O)C(N)Cc1ccc(O)cc1)C(=O)NC(CC(=O)O)C(=O)NC(CS)C(=O)O. The molecule has 0 radical (unpaired) electrons. The molecule has 0 aliphatic carbocycles. The van der Waals surface area contributed by atoms with Crippen LogP contribution in [0.1, 0.15) is 24.8 Å². The second-order valence-electron chi connectivity index (χ2n) is 7.78. The molecule has 36 heavy (non-hydrogen) atoms. The van der Waals surface area contributed by atoms with Crippen molar-refractivity contribution < 1.29 is 44.1 Å². The summed E-state index contributed by atoms with van der Waals surface area (Å²) >= 11 is 3.80. The summed E-state index contributed by atoms with van der Waals surface area (Å²) in [5.74, 6) is -6.86. The summed E-state index contributed by atoms with van der Waals surface area (Å²) in [6, 6.07) is 0.198. The number of carbonyl (C=O) groups excluding carboxylic acids is 4. The van der Waals surface area contributed by atoms with Crippen LogP contribution in [-0.4, -0.2) is 80.8 Å². The molecule has 1 rings (SSSR count). The Morgan fingerprint density at radius 3 is 1.89 bits per heavy atom. The van der Waals surface area contributed by atoms with E-state index < -0.39 is 66.2 Å². The Hall–Kier alpha value is -3.85. The van der Waals surface area contributed by atoms with Crippen molar-refractivity contribution in [3.8, 4) is 5.75 Å². The highest BCUT2D eigenvalue weighted by Gasteiger charge is 2.31. The molecule has 1 aromatic carbocycles. The molecular weight excluding hydrogens is 498 g/mol. The average molecular weight is 528 g/mol. The second kappa shape index (κ2) is 14.5. The van der Waals surface area contributed by atoms with E-state index in [9.17, 15) is 33.9 Å². The topological polar surface area (TPSA) is 251 Å². The van der Waals surface area contributed by atoms with Gasteiger partial charge in [-0.2, -0.15) is 12.6 Å². The van der Waals surface area contributed by atoms with Crippen LogP contribution in [0.5, 0.6) is 5.75 Å². The number of phenols is 1. The van der Waals surface area contributed by atoms with Crippen molar-refractivity contribution in [3.05, 3.63) is 29.8 Å². The van der Waals surface area contributed by atoms with Gasteiger partial charge < -0.3 is 42.7 Å². The van der Waals surface area contributed by atoms with Gasteiger partial charge in [0.25, 0.3) is 0 Å². The maximum absolute atomic E-state index is 12.8. The third kappa shape index (κ3) is 10.6. The summed E-state index contributed by atoms with van der Waals surface area (Å²) in [7, 11) is 0. The van der Waals surface area contributed by atoms with E-state index in [4.69, 9.17) is 21.7 Å². The first kappa shape index (κ1) is 30.2. The number of aliphatic carboxylic acids is 2. The van der Waals surface area contributed by atoms with Crippen LogP contribution in [0.2, 0.25) is 0 Å². The van der Waals surface area contributed by atoms with E-state index >= 15 is 0 Å². The number of carboxylic acids is 2. The molecule has 4 unspecified atom stereocenters. The summed E-state index contributed by atoms with van der Waals surface area (Å²) in [6.07, 6.45) is -1.47. The number of amides is 4. The van der Waals surface area contributed by atoms with Crippen LogP contribution in [0, 0.1) is 0 Å². The lowest BCUT2D eigenvalue weighted by atomic mass is 10.0. The van der Waals surface area contributed by atoms with Gasteiger partial charge >= 0.3 is 11.9 Å². The lowest BCUT2D eigenvalue weighted by molar-refractivity contribution is -0.143. The summed E-state index contributed by atoms with van der Waals surface area (Å²) < 4.78 is 0. The molecule has 0 heterocycles. The van der Waals surface area contributed by atoms with E-state index in [0.717, 1.165) is 0 Å². The molecule has 0 bridgehead atoms. The molecule has 0 spiro atoms. The zero-order valence-electron chi connectivity index (χ0n) is 19.0. The molecule has 14 nitrogen and oxygen atoms in total. The zero-order valence-corrected chi connectivity index (χ0v) is 19.9. The maximum atomic E-state index is 12.8. The molecular formula is C21H29N5O9S. The fraction of sp³-hybridized carbons (Fsp3) is 0.429. The molecule has 0 aliphatic heterocycles. The van der Waals surface area contributed by atoms with Crippen LogP contribution in [0.15, 0.2) is 24.3 Å². The van der Waals surface area contributed by atoms with Crippen molar-refractivity contribution in [2.75, 3.05) is 5.75 Å². The van der Waals surface area contributed by atoms with Gasteiger partial charge in [-0.1, -0.05) is 12.1 Å². The standard InChI is InChI=1S/C21H29N5O9S/c22-12(7-10-1-3-11(27)4-2-10)18(31)24-13(5-6-16(23)28)19(32)25-14(8-17(29)30)20(33)26-15(9-36)21(34)35/h1-4,12-15,27,36H,5-9,22H2,(H2,23,28)(H,24,31)(H,25,32)(H,26,33)(H,29,30)(H,34,35). The number of nitrogens with one attached hydrogen (secondary N) is 3. The Kier molecular flexibility index (Phi) is 12.2. The monoisotopic (exact) mass is 527 g/mol. The second-order valence-corrected chi connectivity index (χ2v) is 8.15.